The molecule has 1 heterocycles. The lowest BCUT2D eigenvalue weighted by Gasteiger charge is -2.11. The quantitative estimate of drug-likeness (QED) is 0.775. The van der Waals surface area contributed by atoms with Crippen molar-refractivity contribution in [3.8, 4) is 5.88 Å². The van der Waals surface area contributed by atoms with E-state index < -0.39 is 0 Å². The fourth-order valence-electron chi connectivity index (χ4n) is 0.959. The fourth-order valence-corrected chi connectivity index (χ4v) is 0.959. The van der Waals surface area contributed by atoms with Crippen LogP contribution in [0.3, 0.4) is 0 Å². The van der Waals surface area contributed by atoms with Crippen LogP contribution >= 0.6 is 0 Å². The summed E-state index contributed by atoms with van der Waals surface area (Å²) < 4.78 is 10.1. The van der Waals surface area contributed by atoms with Crippen molar-refractivity contribution < 1.29 is 9.47 Å². The molecule has 0 saturated carbocycles. The zero-order chi connectivity index (χ0) is 10.4. The van der Waals surface area contributed by atoms with Crippen molar-refractivity contribution in [3.63, 3.8) is 0 Å². The molecule has 0 spiro atoms. The maximum absolute atomic E-state index is 5.11. The van der Waals surface area contributed by atoms with E-state index in [0.29, 0.717) is 5.88 Å². The monoisotopic (exact) mass is 196 g/mol. The molecule has 1 rings (SSSR count). The summed E-state index contributed by atoms with van der Waals surface area (Å²) in [5.74, 6) is 1.41. The van der Waals surface area contributed by atoms with E-state index in [1.54, 1.807) is 14.2 Å². The number of hydrogen-bond donors (Lipinski definition) is 1. The lowest BCUT2D eigenvalue weighted by atomic mass is 10.4. The number of ether oxygens (including phenoxy) is 2. The minimum atomic E-state index is 0.169. The Labute approximate surface area is 84.3 Å². The molecular weight excluding hydrogens is 180 g/mol. The first-order chi connectivity index (χ1) is 6.76. The van der Waals surface area contributed by atoms with Gasteiger partial charge in [0.1, 0.15) is 5.82 Å². The SMILES string of the molecule is COc1cccc(NCC(C)OC)n1. The molecule has 1 unspecified atom stereocenters. The summed E-state index contributed by atoms with van der Waals surface area (Å²) in [5.41, 5.74) is 0. The van der Waals surface area contributed by atoms with Gasteiger partial charge < -0.3 is 14.8 Å². The Balaban J connectivity index is 2.50. The number of nitrogens with one attached hydrogen (secondary N) is 1. The van der Waals surface area contributed by atoms with Gasteiger partial charge in [-0.15, -0.1) is 0 Å². The van der Waals surface area contributed by atoms with Gasteiger partial charge in [-0.25, -0.2) is 0 Å². The largest absolute Gasteiger partial charge is 0.481 e. The summed E-state index contributed by atoms with van der Waals surface area (Å²) in [4.78, 5) is 4.21. The van der Waals surface area contributed by atoms with Crippen LogP contribution in [0, 0.1) is 0 Å². The van der Waals surface area contributed by atoms with Crippen LogP contribution in [0.25, 0.3) is 0 Å². The molecule has 1 atom stereocenters. The Morgan fingerprint density at radius 2 is 2.21 bits per heavy atom. The van der Waals surface area contributed by atoms with Crippen molar-refractivity contribution in [1.82, 2.24) is 4.98 Å². The molecule has 0 aliphatic carbocycles. The molecule has 4 nitrogen and oxygen atoms in total. The molecular formula is C10H16N2O2. The summed E-state index contributed by atoms with van der Waals surface area (Å²) in [6.07, 6.45) is 0.169. The molecule has 0 radical (unpaired) electrons. The summed E-state index contributed by atoms with van der Waals surface area (Å²) in [6, 6.07) is 5.60. The van der Waals surface area contributed by atoms with Crippen molar-refractivity contribution >= 4 is 5.82 Å². The normalized spacial score (nSPS) is 12.2. The third-order valence-electron chi connectivity index (χ3n) is 1.91. The molecule has 1 N–H and O–H groups in total. The standard InChI is InChI=1S/C10H16N2O2/c1-8(13-2)7-11-9-5-4-6-10(12-9)14-3/h4-6,8H,7H2,1-3H3,(H,11,12). The Morgan fingerprint density at radius 3 is 2.86 bits per heavy atom. The Kier molecular flexibility index (Phi) is 4.19. The number of aromatic nitrogens is 1. The molecule has 78 valence electrons. The van der Waals surface area contributed by atoms with Gasteiger partial charge in [0.05, 0.1) is 13.2 Å². The van der Waals surface area contributed by atoms with Gasteiger partial charge in [-0.2, -0.15) is 4.98 Å². The van der Waals surface area contributed by atoms with Crippen molar-refractivity contribution in [2.24, 2.45) is 0 Å². The van der Waals surface area contributed by atoms with Gasteiger partial charge in [0, 0.05) is 19.7 Å². The Bertz CT molecular complexity index is 279. The van der Waals surface area contributed by atoms with Gasteiger partial charge >= 0.3 is 0 Å². The van der Waals surface area contributed by atoms with Crippen LogP contribution < -0.4 is 10.1 Å². The Hall–Kier alpha value is -1.29. The molecule has 0 amide bonds. The average molecular weight is 196 g/mol. The minimum Gasteiger partial charge on any atom is -0.481 e. The molecule has 0 aliphatic rings. The lowest BCUT2D eigenvalue weighted by molar-refractivity contribution is 0.128. The number of rotatable bonds is 5. The van der Waals surface area contributed by atoms with Crippen LogP contribution in [-0.2, 0) is 4.74 Å². The van der Waals surface area contributed by atoms with E-state index >= 15 is 0 Å². The van der Waals surface area contributed by atoms with Gasteiger partial charge in [0.2, 0.25) is 5.88 Å². The number of hydrogen-bond acceptors (Lipinski definition) is 4. The van der Waals surface area contributed by atoms with Crippen molar-refractivity contribution in [3.05, 3.63) is 18.2 Å². The second-order valence-electron chi connectivity index (χ2n) is 2.99. The van der Waals surface area contributed by atoms with E-state index in [4.69, 9.17) is 9.47 Å². The van der Waals surface area contributed by atoms with Gasteiger partial charge in [0.15, 0.2) is 0 Å². The third-order valence-corrected chi connectivity index (χ3v) is 1.91. The maximum atomic E-state index is 5.11. The molecule has 0 bridgehead atoms. The van der Waals surface area contributed by atoms with Crippen LogP contribution in [0.5, 0.6) is 5.88 Å². The predicted molar refractivity (Wildman–Crippen MR) is 55.7 cm³/mol. The highest BCUT2D eigenvalue weighted by Gasteiger charge is 2.00. The fraction of sp³-hybridized carbons (Fsp3) is 0.500. The van der Waals surface area contributed by atoms with Gasteiger partial charge in [-0.3, -0.25) is 0 Å². The van der Waals surface area contributed by atoms with Crippen LogP contribution in [-0.4, -0.2) is 31.9 Å². The van der Waals surface area contributed by atoms with E-state index in [-0.39, 0.29) is 6.10 Å². The highest BCUT2D eigenvalue weighted by atomic mass is 16.5. The van der Waals surface area contributed by atoms with Crippen LogP contribution in [0.1, 0.15) is 6.92 Å². The first kappa shape index (κ1) is 10.8. The van der Waals surface area contributed by atoms with E-state index in [9.17, 15) is 0 Å². The summed E-state index contributed by atoms with van der Waals surface area (Å²) in [6.45, 7) is 2.73. The van der Waals surface area contributed by atoms with E-state index in [1.807, 2.05) is 25.1 Å². The molecule has 1 aromatic rings. The zero-order valence-corrected chi connectivity index (χ0v) is 8.78. The minimum absolute atomic E-state index is 0.169. The first-order valence-corrected chi connectivity index (χ1v) is 4.54. The smallest absolute Gasteiger partial charge is 0.214 e. The molecule has 0 saturated heterocycles. The van der Waals surface area contributed by atoms with Gasteiger partial charge in [-0.05, 0) is 13.0 Å². The molecule has 0 fully saturated rings. The van der Waals surface area contributed by atoms with Crippen molar-refractivity contribution in [2.75, 3.05) is 26.1 Å². The predicted octanol–water partition coefficient (Wildman–Crippen LogP) is 1.54. The number of anilines is 1. The second kappa shape index (κ2) is 5.44. The van der Waals surface area contributed by atoms with E-state index in [2.05, 4.69) is 10.3 Å². The number of nitrogens with zero attached hydrogens (tertiary/aromatic N) is 1. The first-order valence-electron chi connectivity index (χ1n) is 4.54. The summed E-state index contributed by atoms with van der Waals surface area (Å²) in [7, 11) is 3.29. The van der Waals surface area contributed by atoms with Gasteiger partial charge in [-0.1, -0.05) is 6.07 Å². The maximum Gasteiger partial charge on any atom is 0.214 e. The number of methoxy groups -OCH3 is 2. The molecule has 0 aliphatic heterocycles. The third kappa shape index (κ3) is 3.22. The molecule has 1 aromatic heterocycles. The van der Waals surface area contributed by atoms with E-state index in [1.165, 1.54) is 0 Å². The second-order valence-corrected chi connectivity index (χ2v) is 2.99. The average Bonchev–Trinajstić information content (AvgIpc) is 2.26. The topological polar surface area (TPSA) is 43.4 Å². The Morgan fingerprint density at radius 1 is 1.43 bits per heavy atom. The molecule has 0 aromatic carbocycles. The van der Waals surface area contributed by atoms with E-state index in [0.717, 1.165) is 12.4 Å². The lowest BCUT2D eigenvalue weighted by Crippen LogP contribution is -2.18. The van der Waals surface area contributed by atoms with Gasteiger partial charge in [0.25, 0.3) is 0 Å². The number of pyridine rings is 1. The molecule has 4 heteroatoms. The van der Waals surface area contributed by atoms with Crippen LogP contribution in [0.2, 0.25) is 0 Å². The van der Waals surface area contributed by atoms with Crippen molar-refractivity contribution in [1.29, 1.82) is 0 Å². The summed E-state index contributed by atoms with van der Waals surface area (Å²) in [5, 5.41) is 3.15. The molecule has 14 heavy (non-hydrogen) atoms. The van der Waals surface area contributed by atoms with Crippen LogP contribution in [0.4, 0.5) is 5.82 Å². The van der Waals surface area contributed by atoms with Crippen molar-refractivity contribution in [2.45, 2.75) is 13.0 Å². The van der Waals surface area contributed by atoms with Crippen LogP contribution in [0.15, 0.2) is 18.2 Å². The highest BCUT2D eigenvalue weighted by Crippen LogP contribution is 2.10. The highest BCUT2D eigenvalue weighted by molar-refractivity contribution is 5.36. The summed E-state index contributed by atoms with van der Waals surface area (Å²) >= 11 is 0. The zero-order valence-electron chi connectivity index (χ0n) is 8.78.